The van der Waals surface area contributed by atoms with Crippen molar-refractivity contribution >= 4 is 11.7 Å². The van der Waals surface area contributed by atoms with Gasteiger partial charge in [-0.2, -0.15) is 0 Å². The largest absolute Gasteiger partial charge is 0.457 e. The molecular formula is C27H31N3O2. The quantitative estimate of drug-likeness (QED) is 0.522. The van der Waals surface area contributed by atoms with Crippen LogP contribution in [0, 0.1) is 13.8 Å². The van der Waals surface area contributed by atoms with Crippen LogP contribution in [-0.2, 0) is 0 Å². The molecule has 166 valence electrons. The second kappa shape index (κ2) is 9.45. The van der Waals surface area contributed by atoms with Crippen LogP contribution >= 0.6 is 0 Å². The Morgan fingerprint density at radius 2 is 1.66 bits per heavy atom. The van der Waals surface area contributed by atoms with E-state index in [9.17, 15) is 4.79 Å². The maximum absolute atomic E-state index is 12.6. The Kier molecular flexibility index (Phi) is 6.47. The Labute approximate surface area is 190 Å². The SMILES string of the molecule is Cc1ccc(C(C)N(C)C2CN(C(=O)Nc3ccc(Oc4ccccc4)cc3)C2)c(C)c1. The third-order valence-electron chi connectivity index (χ3n) is 6.30. The second-order valence-electron chi connectivity index (χ2n) is 8.63. The third-order valence-corrected chi connectivity index (χ3v) is 6.30. The normalized spacial score (nSPS) is 14.7. The van der Waals surface area contributed by atoms with Crippen molar-refractivity contribution in [2.75, 3.05) is 25.5 Å². The number of benzene rings is 3. The van der Waals surface area contributed by atoms with Crippen LogP contribution in [0.15, 0.2) is 72.8 Å². The topological polar surface area (TPSA) is 44.8 Å². The van der Waals surface area contributed by atoms with E-state index in [1.807, 2.05) is 59.5 Å². The molecule has 1 N–H and O–H groups in total. The minimum Gasteiger partial charge on any atom is -0.457 e. The lowest BCUT2D eigenvalue weighted by Crippen LogP contribution is -2.61. The summed E-state index contributed by atoms with van der Waals surface area (Å²) >= 11 is 0. The van der Waals surface area contributed by atoms with Crippen LogP contribution in [0.25, 0.3) is 0 Å². The number of ether oxygens (including phenoxy) is 1. The Bertz CT molecular complexity index is 1060. The van der Waals surface area contributed by atoms with Crippen molar-refractivity contribution in [1.29, 1.82) is 0 Å². The standard InChI is InChI=1S/C27H31N3O2/c1-19-10-15-26(20(2)16-19)21(3)29(4)23-17-30(18-23)27(31)28-22-11-13-25(14-12-22)32-24-8-6-5-7-9-24/h5-16,21,23H,17-18H2,1-4H3,(H,28,31). The Morgan fingerprint density at radius 3 is 2.31 bits per heavy atom. The molecular weight excluding hydrogens is 398 g/mol. The van der Waals surface area contributed by atoms with Crippen molar-refractivity contribution in [3.8, 4) is 11.5 Å². The van der Waals surface area contributed by atoms with Gasteiger partial charge in [-0.25, -0.2) is 4.79 Å². The van der Waals surface area contributed by atoms with Gasteiger partial charge >= 0.3 is 6.03 Å². The number of hydrogen-bond acceptors (Lipinski definition) is 3. The monoisotopic (exact) mass is 429 g/mol. The first-order valence-electron chi connectivity index (χ1n) is 11.1. The van der Waals surface area contributed by atoms with Gasteiger partial charge in [0.15, 0.2) is 0 Å². The molecule has 3 aromatic rings. The highest BCUT2D eigenvalue weighted by atomic mass is 16.5. The smallest absolute Gasteiger partial charge is 0.321 e. The van der Waals surface area contributed by atoms with E-state index in [2.05, 4.69) is 56.2 Å². The highest BCUT2D eigenvalue weighted by molar-refractivity contribution is 5.90. The molecule has 5 nitrogen and oxygen atoms in total. The van der Waals surface area contributed by atoms with E-state index in [0.29, 0.717) is 12.1 Å². The molecule has 0 spiro atoms. The number of likely N-dealkylation sites (tertiary alicyclic amines) is 1. The molecule has 4 rings (SSSR count). The number of nitrogens with one attached hydrogen (secondary N) is 1. The number of carbonyl (C=O) groups excluding carboxylic acids is 1. The highest BCUT2D eigenvalue weighted by Crippen LogP contribution is 2.28. The predicted molar refractivity (Wildman–Crippen MR) is 129 cm³/mol. The molecule has 0 bridgehead atoms. The fourth-order valence-corrected chi connectivity index (χ4v) is 4.14. The van der Waals surface area contributed by atoms with Crippen molar-refractivity contribution < 1.29 is 9.53 Å². The number of nitrogens with zero attached hydrogens (tertiary/aromatic N) is 2. The second-order valence-corrected chi connectivity index (χ2v) is 8.63. The van der Waals surface area contributed by atoms with Gasteiger partial charge < -0.3 is 15.0 Å². The van der Waals surface area contributed by atoms with Crippen molar-refractivity contribution in [3.63, 3.8) is 0 Å². The number of anilines is 1. The summed E-state index contributed by atoms with van der Waals surface area (Å²) in [5, 5.41) is 2.98. The van der Waals surface area contributed by atoms with E-state index in [0.717, 1.165) is 30.3 Å². The van der Waals surface area contributed by atoms with Gasteiger partial charge in [-0.05, 0) is 75.3 Å². The summed E-state index contributed by atoms with van der Waals surface area (Å²) in [6, 6.07) is 24.3. The van der Waals surface area contributed by atoms with E-state index in [1.54, 1.807) is 0 Å². The minimum atomic E-state index is -0.0643. The summed E-state index contributed by atoms with van der Waals surface area (Å²) in [7, 11) is 2.15. The zero-order chi connectivity index (χ0) is 22.7. The summed E-state index contributed by atoms with van der Waals surface area (Å²) in [6.07, 6.45) is 0. The van der Waals surface area contributed by atoms with Crippen LogP contribution in [0.4, 0.5) is 10.5 Å². The van der Waals surface area contributed by atoms with Gasteiger partial charge in [-0.15, -0.1) is 0 Å². The Hall–Kier alpha value is -3.31. The molecule has 0 aromatic heterocycles. The Morgan fingerprint density at radius 1 is 1.00 bits per heavy atom. The summed E-state index contributed by atoms with van der Waals surface area (Å²) in [6.45, 7) is 7.99. The molecule has 0 radical (unpaired) electrons. The number of amides is 2. The molecule has 1 aliphatic rings. The van der Waals surface area contributed by atoms with E-state index >= 15 is 0 Å². The molecule has 1 heterocycles. The van der Waals surface area contributed by atoms with Crippen molar-refractivity contribution in [2.24, 2.45) is 0 Å². The molecule has 0 aliphatic carbocycles. The molecule has 3 aromatic carbocycles. The zero-order valence-electron chi connectivity index (χ0n) is 19.2. The van der Waals surface area contributed by atoms with Crippen LogP contribution in [-0.4, -0.2) is 42.0 Å². The van der Waals surface area contributed by atoms with Crippen molar-refractivity contribution in [3.05, 3.63) is 89.5 Å². The fraction of sp³-hybridized carbons (Fsp3) is 0.296. The fourth-order valence-electron chi connectivity index (χ4n) is 4.14. The van der Waals surface area contributed by atoms with Crippen molar-refractivity contribution in [1.82, 2.24) is 9.80 Å². The molecule has 0 saturated carbocycles. The van der Waals surface area contributed by atoms with E-state index in [1.165, 1.54) is 16.7 Å². The molecule has 1 saturated heterocycles. The summed E-state index contributed by atoms with van der Waals surface area (Å²) in [4.78, 5) is 16.9. The van der Waals surface area contributed by atoms with Crippen LogP contribution < -0.4 is 10.1 Å². The van der Waals surface area contributed by atoms with Gasteiger partial charge in [0, 0.05) is 30.9 Å². The van der Waals surface area contributed by atoms with Gasteiger partial charge in [0.2, 0.25) is 0 Å². The summed E-state index contributed by atoms with van der Waals surface area (Å²) in [5.74, 6) is 1.52. The number of hydrogen-bond donors (Lipinski definition) is 1. The molecule has 1 atom stereocenters. The van der Waals surface area contributed by atoms with Crippen LogP contribution in [0.5, 0.6) is 11.5 Å². The zero-order valence-corrected chi connectivity index (χ0v) is 19.2. The first kappa shape index (κ1) is 21.9. The molecule has 32 heavy (non-hydrogen) atoms. The number of para-hydroxylation sites is 1. The van der Waals surface area contributed by atoms with Crippen LogP contribution in [0.2, 0.25) is 0 Å². The van der Waals surface area contributed by atoms with Gasteiger partial charge in [0.1, 0.15) is 11.5 Å². The van der Waals surface area contributed by atoms with E-state index in [4.69, 9.17) is 4.74 Å². The molecule has 1 fully saturated rings. The third kappa shape index (κ3) is 4.94. The maximum atomic E-state index is 12.6. The minimum absolute atomic E-state index is 0.0643. The number of aryl methyl sites for hydroxylation is 2. The van der Waals surface area contributed by atoms with Gasteiger partial charge in [0.25, 0.3) is 0 Å². The lowest BCUT2D eigenvalue weighted by molar-refractivity contribution is 0.0558. The highest BCUT2D eigenvalue weighted by Gasteiger charge is 2.35. The lowest BCUT2D eigenvalue weighted by Gasteiger charge is -2.46. The number of urea groups is 1. The maximum Gasteiger partial charge on any atom is 0.321 e. The average Bonchev–Trinajstić information content (AvgIpc) is 2.74. The molecule has 5 heteroatoms. The average molecular weight is 430 g/mol. The first-order valence-corrected chi connectivity index (χ1v) is 11.1. The van der Waals surface area contributed by atoms with Gasteiger partial charge in [0.05, 0.1) is 0 Å². The van der Waals surface area contributed by atoms with E-state index in [-0.39, 0.29) is 6.03 Å². The number of carbonyl (C=O) groups is 1. The molecule has 1 unspecified atom stereocenters. The van der Waals surface area contributed by atoms with Crippen molar-refractivity contribution in [2.45, 2.75) is 32.9 Å². The molecule has 1 aliphatic heterocycles. The number of rotatable bonds is 6. The number of likely N-dealkylation sites (N-methyl/N-ethyl adjacent to an activating group) is 1. The van der Waals surface area contributed by atoms with Gasteiger partial charge in [-0.1, -0.05) is 42.0 Å². The van der Waals surface area contributed by atoms with Crippen LogP contribution in [0.3, 0.4) is 0 Å². The van der Waals surface area contributed by atoms with E-state index < -0.39 is 0 Å². The van der Waals surface area contributed by atoms with Gasteiger partial charge in [-0.3, -0.25) is 4.90 Å². The predicted octanol–water partition coefficient (Wildman–Crippen LogP) is 6.00. The Balaban J connectivity index is 1.28. The lowest BCUT2D eigenvalue weighted by atomic mass is 9.97. The summed E-state index contributed by atoms with van der Waals surface area (Å²) in [5.41, 5.74) is 4.71. The molecule has 2 amide bonds. The van der Waals surface area contributed by atoms with Crippen LogP contribution in [0.1, 0.15) is 29.7 Å². The summed E-state index contributed by atoms with van der Waals surface area (Å²) < 4.78 is 5.80. The first-order chi connectivity index (χ1) is 15.4.